The third kappa shape index (κ3) is 4.50. The van der Waals surface area contributed by atoms with Crippen molar-refractivity contribution >= 4 is 11.7 Å². The number of carbonyl (C=O) groups is 1. The molecule has 1 aliphatic heterocycles. The number of carbonyl (C=O) groups excluding carboxylic acids is 1. The molecule has 0 bridgehead atoms. The molecule has 1 fully saturated rings. The number of anilines is 1. The molecule has 0 saturated carbocycles. The van der Waals surface area contributed by atoms with Crippen LogP contribution in [0.3, 0.4) is 0 Å². The quantitative estimate of drug-likeness (QED) is 0.902. The number of urea groups is 1. The van der Waals surface area contributed by atoms with Crippen molar-refractivity contribution in [3.63, 3.8) is 0 Å². The van der Waals surface area contributed by atoms with Gasteiger partial charge in [0, 0.05) is 18.8 Å². The lowest BCUT2D eigenvalue weighted by atomic mass is 9.86. The van der Waals surface area contributed by atoms with Gasteiger partial charge >= 0.3 is 6.03 Å². The van der Waals surface area contributed by atoms with Crippen molar-refractivity contribution in [2.75, 3.05) is 32.5 Å². The second-order valence-electron chi connectivity index (χ2n) is 8.22. The Balaban J connectivity index is 2.04. The van der Waals surface area contributed by atoms with Crippen LogP contribution in [0.1, 0.15) is 46.1 Å². The van der Waals surface area contributed by atoms with Crippen molar-refractivity contribution < 1.29 is 4.79 Å². The highest BCUT2D eigenvalue weighted by Gasteiger charge is 2.28. The number of nitrogens with one attached hydrogen (secondary N) is 1. The highest BCUT2D eigenvalue weighted by Crippen LogP contribution is 2.30. The summed E-state index contributed by atoms with van der Waals surface area (Å²) in [5.74, 6) is 0.579. The third-order valence-corrected chi connectivity index (χ3v) is 5.35. The van der Waals surface area contributed by atoms with E-state index in [0.717, 1.165) is 31.6 Å². The Morgan fingerprint density at radius 3 is 2.42 bits per heavy atom. The van der Waals surface area contributed by atoms with Crippen LogP contribution in [0.5, 0.6) is 0 Å². The lowest BCUT2D eigenvalue weighted by Gasteiger charge is -2.37. The molecule has 4 nitrogen and oxygen atoms in total. The van der Waals surface area contributed by atoms with E-state index in [9.17, 15) is 4.79 Å². The molecule has 4 heteroatoms. The SMILES string of the molecule is CC(C1CCN(C)CC1)N(C)C(=O)Nc1ccccc1C(C)(C)C. The van der Waals surface area contributed by atoms with Crippen LogP contribution in [0.2, 0.25) is 0 Å². The molecular weight excluding hydrogens is 298 g/mol. The van der Waals surface area contributed by atoms with Crippen LogP contribution in [0.4, 0.5) is 10.5 Å². The Bertz CT molecular complexity index is 556. The first-order valence-corrected chi connectivity index (χ1v) is 9.02. The minimum Gasteiger partial charge on any atom is -0.325 e. The molecule has 1 aromatic carbocycles. The van der Waals surface area contributed by atoms with E-state index in [1.54, 1.807) is 0 Å². The Kier molecular flexibility index (Phi) is 5.92. The number of benzene rings is 1. The molecule has 1 heterocycles. The van der Waals surface area contributed by atoms with Crippen LogP contribution in [-0.2, 0) is 5.41 Å². The van der Waals surface area contributed by atoms with Crippen molar-refractivity contribution in [1.82, 2.24) is 9.80 Å². The maximum Gasteiger partial charge on any atom is 0.321 e. The fourth-order valence-corrected chi connectivity index (χ4v) is 3.46. The van der Waals surface area contributed by atoms with Gasteiger partial charge in [0.1, 0.15) is 0 Å². The van der Waals surface area contributed by atoms with Crippen LogP contribution < -0.4 is 5.32 Å². The van der Waals surface area contributed by atoms with E-state index in [1.165, 1.54) is 5.56 Å². The molecule has 2 rings (SSSR count). The number of rotatable bonds is 3. The number of nitrogens with zero attached hydrogens (tertiary/aromatic N) is 2. The maximum absolute atomic E-state index is 12.7. The first-order valence-electron chi connectivity index (χ1n) is 9.02. The van der Waals surface area contributed by atoms with Gasteiger partial charge in [-0.1, -0.05) is 39.0 Å². The Morgan fingerprint density at radius 2 is 1.83 bits per heavy atom. The largest absolute Gasteiger partial charge is 0.325 e. The van der Waals surface area contributed by atoms with Crippen molar-refractivity contribution in [3.8, 4) is 0 Å². The van der Waals surface area contributed by atoms with Gasteiger partial charge in [-0.3, -0.25) is 0 Å². The van der Waals surface area contributed by atoms with Gasteiger partial charge in [0.25, 0.3) is 0 Å². The lowest BCUT2D eigenvalue weighted by molar-refractivity contribution is 0.138. The van der Waals surface area contributed by atoms with Gasteiger partial charge in [0.05, 0.1) is 0 Å². The van der Waals surface area contributed by atoms with Crippen LogP contribution in [0, 0.1) is 5.92 Å². The van der Waals surface area contributed by atoms with Gasteiger partial charge in [-0.05, 0) is 62.9 Å². The molecule has 2 amide bonds. The van der Waals surface area contributed by atoms with E-state index in [4.69, 9.17) is 0 Å². The summed E-state index contributed by atoms with van der Waals surface area (Å²) in [4.78, 5) is 17.0. The molecule has 0 spiro atoms. The molecule has 1 aliphatic rings. The Morgan fingerprint density at radius 1 is 1.25 bits per heavy atom. The maximum atomic E-state index is 12.7. The highest BCUT2D eigenvalue weighted by molar-refractivity contribution is 5.90. The average molecular weight is 332 g/mol. The van der Waals surface area contributed by atoms with Crippen molar-refractivity contribution in [2.45, 2.75) is 52.0 Å². The zero-order valence-corrected chi connectivity index (χ0v) is 16.1. The number of amides is 2. The van der Waals surface area contributed by atoms with Gasteiger partial charge in [0.2, 0.25) is 0 Å². The summed E-state index contributed by atoms with van der Waals surface area (Å²) in [6, 6.07) is 8.33. The second kappa shape index (κ2) is 7.56. The minimum atomic E-state index is -0.0156. The van der Waals surface area contributed by atoms with Crippen LogP contribution in [0.25, 0.3) is 0 Å². The predicted octanol–water partition coefficient (Wildman–Crippen LogP) is 4.18. The van der Waals surface area contributed by atoms with Gasteiger partial charge in [-0.2, -0.15) is 0 Å². The average Bonchev–Trinajstić information content (AvgIpc) is 2.53. The molecule has 1 atom stereocenters. The molecule has 24 heavy (non-hydrogen) atoms. The van der Waals surface area contributed by atoms with E-state index < -0.39 is 0 Å². The standard InChI is InChI=1S/C20H33N3O/c1-15(16-11-13-22(5)14-12-16)23(6)19(24)21-18-10-8-7-9-17(18)20(2,3)4/h7-10,15-16H,11-14H2,1-6H3,(H,21,24). The number of likely N-dealkylation sites (tertiary alicyclic amines) is 1. The van der Waals surface area contributed by atoms with E-state index in [0.29, 0.717) is 5.92 Å². The van der Waals surface area contributed by atoms with Crippen molar-refractivity contribution in [1.29, 1.82) is 0 Å². The summed E-state index contributed by atoms with van der Waals surface area (Å²) in [5, 5.41) is 3.12. The van der Waals surface area contributed by atoms with Gasteiger partial charge in [0.15, 0.2) is 0 Å². The van der Waals surface area contributed by atoms with E-state index in [2.05, 4.69) is 51.0 Å². The van der Waals surface area contributed by atoms with Crippen LogP contribution in [-0.4, -0.2) is 49.1 Å². The molecule has 1 unspecified atom stereocenters. The fraction of sp³-hybridized carbons (Fsp3) is 0.650. The first-order chi connectivity index (χ1) is 11.2. The van der Waals surface area contributed by atoms with Gasteiger partial charge < -0.3 is 15.1 Å². The lowest BCUT2D eigenvalue weighted by Crippen LogP contribution is -2.45. The summed E-state index contributed by atoms with van der Waals surface area (Å²) >= 11 is 0. The summed E-state index contributed by atoms with van der Waals surface area (Å²) in [6.45, 7) is 10.9. The van der Waals surface area contributed by atoms with E-state index in [1.807, 2.05) is 30.1 Å². The van der Waals surface area contributed by atoms with E-state index >= 15 is 0 Å². The zero-order chi connectivity index (χ0) is 17.9. The summed E-state index contributed by atoms with van der Waals surface area (Å²) in [7, 11) is 4.08. The normalized spacial score (nSPS) is 18.2. The van der Waals surface area contributed by atoms with Crippen LogP contribution >= 0.6 is 0 Å². The summed E-state index contributed by atoms with van der Waals surface area (Å²) < 4.78 is 0. The molecule has 1 N–H and O–H groups in total. The fourth-order valence-electron chi connectivity index (χ4n) is 3.46. The highest BCUT2D eigenvalue weighted by atomic mass is 16.2. The molecule has 0 aromatic heterocycles. The van der Waals surface area contributed by atoms with Crippen molar-refractivity contribution in [2.24, 2.45) is 5.92 Å². The van der Waals surface area contributed by atoms with E-state index in [-0.39, 0.29) is 17.5 Å². The summed E-state index contributed by atoms with van der Waals surface area (Å²) in [6.07, 6.45) is 2.32. The van der Waals surface area contributed by atoms with Crippen LogP contribution in [0.15, 0.2) is 24.3 Å². The third-order valence-electron chi connectivity index (χ3n) is 5.35. The molecule has 1 aromatic rings. The smallest absolute Gasteiger partial charge is 0.321 e. The number of para-hydroxylation sites is 1. The van der Waals surface area contributed by atoms with Gasteiger partial charge in [-0.15, -0.1) is 0 Å². The van der Waals surface area contributed by atoms with Gasteiger partial charge in [-0.25, -0.2) is 4.79 Å². The first kappa shape index (κ1) is 18.8. The summed E-state index contributed by atoms with van der Waals surface area (Å²) in [5.41, 5.74) is 2.08. The Hall–Kier alpha value is -1.55. The second-order valence-corrected chi connectivity index (χ2v) is 8.22. The molecule has 1 saturated heterocycles. The molecule has 0 radical (unpaired) electrons. The number of hydrogen-bond acceptors (Lipinski definition) is 2. The number of hydrogen-bond donors (Lipinski definition) is 1. The van der Waals surface area contributed by atoms with Crippen molar-refractivity contribution in [3.05, 3.63) is 29.8 Å². The minimum absolute atomic E-state index is 0.00200. The molecule has 134 valence electrons. The monoisotopic (exact) mass is 331 g/mol. The topological polar surface area (TPSA) is 35.6 Å². The Labute approximate surface area is 147 Å². The zero-order valence-electron chi connectivity index (χ0n) is 16.1. The predicted molar refractivity (Wildman–Crippen MR) is 102 cm³/mol. The molecule has 0 aliphatic carbocycles. The number of piperidine rings is 1. The molecular formula is C20H33N3O.